The lowest BCUT2D eigenvalue weighted by Crippen LogP contribution is -2.21. The molecule has 110 valence electrons. The number of carbonyl (C=O) groups excluding carboxylic acids is 1. The van der Waals surface area contributed by atoms with Crippen molar-refractivity contribution in [3.8, 4) is 0 Å². The van der Waals surface area contributed by atoms with E-state index in [4.69, 9.17) is 4.74 Å². The van der Waals surface area contributed by atoms with E-state index in [9.17, 15) is 4.79 Å². The van der Waals surface area contributed by atoms with Gasteiger partial charge in [-0.2, -0.15) is 0 Å². The molecule has 0 radical (unpaired) electrons. The Morgan fingerprint density at radius 2 is 1.63 bits per heavy atom. The van der Waals surface area contributed by atoms with Gasteiger partial charge < -0.3 is 4.74 Å². The average Bonchev–Trinajstić information content (AvgIpc) is 2.36. The van der Waals surface area contributed by atoms with Gasteiger partial charge in [0.25, 0.3) is 0 Å². The van der Waals surface area contributed by atoms with Gasteiger partial charge in [0.15, 0.2) is 0 Å². The second kappa shape index (κ2) is 10.1. The van der Waals surface area contributed by atoms with E-state index >= 15 is 0 Å². The summed E-state index contributed by atoms with van der Waals surface area (Å²) in [5.41, 5.74) is 1.16. The molecule has 1 heterocycles. The minimum atomic E-state index is -0.148. The number of hydrogen-bond acceptors (Lipinski definition) is 2. The third-order valence-corrected chi connectivity index (χ3v) is 3.83. The number of unbranched alkanes of at least 4 members (excludes halogenated alkanes) is 8. The van der Waals surface area contributed by atoms with Gasteiger partial charge in [0, 0.05) is 12.5 Å². The number of ether oxygens (including phenoxy) is 1. The van der Waals surface area contributed by atoms with Crippen LogP contribution in [0.1, 0.15) is 84.5 Å². The smallest absolute Gasteiger partial charge is 0.330 e. The van der Waals surface area contributed by atoms with Crippen molar-refractivity contribution in [3.63, 3.8) is 0 Å². The number of carbonyl (C=O) groups is 1. The molecule has 0 aromatic rings. The van der Waals surface area contributed by atoms with Crippen molar-refractivity contribution in [1.82, 2.24) is 0 Å². The normalized spacial score (nSPS) is 19.2. The number of cyclic esters (lactones) is 1. The number of hydrogen-bond donors (Lipinski definition) is 0. The van der Waals surface area contributed by atoms with Gasteiger partial charge in [-0.3, -0.25) is 0 Å². The SMILES string of the molecule is CCCCCCCCCCCC1CC(C)=CC(=O)O1. The Morgan fingerprint density at radius 1 is 1.05 bits per heavy atom. The van der Waals surface area contributed by atoms with Gasteiger partial charge in [-0.05, 0) is 19.8 Å². The largest absolute Gasteiger partial charge is 0.459 e. The molecule has 2 nitrogen and oxygen atoms in total. The van der Waals surface area contributed by atoms with Crippen LogP contribution in [0.15, 0.2) is 11.6 Å². The van der Waals surface area contributed by atoms with Crippen molar-refractivity contribution in [2.75, 3.05) is 0 Å². The van der Waals surface area contributed by atoms with Crippen LogP contribution < -0.4 is 0 Å². The minimum Gasteiger partial charge on any atom is -0.459 e. The second-order valence-electron chi connectivity index (χ2n) is 5.87. The molecule has 0 fully saturated rings. The van der Waals surface area contributed by atoms with Crippen molar-refractivity contribution in [3.05, 3.63) is 11.6 Å². The first kappa shape index (κ1) is 16.3. The molecular formula is C17H30O2. The predicted octanol–water partition coefficient (Wildman–Crippen LogP) is 5.17. The van der Waals surface area contributed by atoms with E-state index < -0.39 is 0 Å². The van der Waals surface area contributed by atoms with Crippen molar-refractivity contribution in [2.45, 2.75) is 90.6 Å². The van der Waals surface area contributed by atoms with E-state index in [1.54, 1.807) is 6.08 Å². The lowest BCUT2D eigenvalue weighted by Gasteiger charge is -2.21. The van der Waals surface area contributed by atoms with Gasteiger partial charge in [-0.1, -0.05) is 63.9 Å². The van der Waals surface area contributed by atoms with Crippen LogP contribution in [0.3, 0.4) is 0 Å². The first-order valence-electron chi connectivity index (χ1n) is 8.10. The molecule has 1 unspecified atom stereocenters. The highest BCUT2D eigenvalue weighted by atomic mass is 16.5. The van der Waals surface area contributed by atoms with Crippen LogP contribution in [-0.4, -0.2) is 12.1 Å². The van der Waals surface area contributed by atoms with Crippen molar-refractivity contribution in [1.29, 1.82) is 0 Å². The Kier molecular flexibility index (Phi) is 8.61. The highest BCUT2D eigenvalue weighted by molar-refractivity contribution is 5.83. The fourth-order valence-electron chi connectivity index (χ4n) is 2.70. The monoisotopic (exact) mass is 266 g/mol. The highest BCUT2D eigenvalue weighted by Crippen LogP contribution is 2.20. The summed E-state index contributed by atoms with van der Waals surface area (Å²) in [6, 6.07) is 0. The summed E-state index contributed by atoms with van der Waals surface area (Å²) >= 11 is 0. The molecule has 0 bridgehead atoms. The third-order valence-electron chi connectivity index (χ3n) is 3.83. The molecule has 0 aromatic carbocycles. The molecule has 0 amide bonds. The standard InChI is InChI=1S/C17H30O2/c1-3-4-5-6-7-8-9-10-11-12-16-13-15(2)14-17(18)19-16/h14,16H,3-13H2,1-2H3. The summed E-state index contributed by atoms with van der Waals surface area (Å²) in [7, 11) is 0. The van der Waals surface area contributed by atoms with E-state index in [0.29, 0.717) is 0 Å². The molecule has 1 atom stereocenters. The number of esters is 1. The van der Waals surface area contributed by atoms with E-state index in [1.165, 1.54) is 57.8 Å². The van der Waals surface area contributed by atoms with Crippen molar-refractivity contribution in [2.24, 2.45) is 0 Å². The van der Waals surface area contributed by atoms with Crippen LogP contribution in [0.25, 0.3) is 0 Å². The van der Waals surface area contributed by atoms with Crippen LogP contribution in [0, 0.1) is 0 Å². The van der Waals surface area contributed by atoms with Crippen molar-refractivity contribution < 1.29 is 9.53 Å². The van der Waals surface area contributed by atoms with E-state index in [-0.39, 0.29) is 12.1 Å². The lowest BCUT2D eigenvalue weighted by molar-refractivity contribution is -0.144. The molecule has 0 saturated heterocycles. The highest BCUT2D eigenvalue weighted by Gasteiger charge is 2.18. The van der Waals surface area contributed by atoms with E-state index in [1.807, 2.05) is 6.92 Å². The average molecular weight is 266 g/mol. The molecule has 19 heavy (non-hydrogen) atoms. The summed E-state index contributed by atoms with van der Waals surface area (Å²) in [6.07, 6.45) is 15.8. The van der Waals surface area contributed by atoms with Gasteiger partial charge in [0.05, 0.1) is 0 Å². The molecule has 1 rings (SSSR count). The summed E-state index contributed by atoms with van der Waals surface area (Å²) < 4.78 is 5.31. The van der Waals surface area contributed by atoms with Gasteiger partial charge >= 0.3 is 5.97 Å². The number of rotatable bonds is 10. The molecule has 0 aromatic heterocycles. The van der Waals surface area contributed by atoms with Crippen molar-refractivity contribution >= 4 is 5.97 Å². The Hall–Kier alpha value is -0.790. The van der Waals surface area contributed by atoms with Gasteiger partial charge in [-0.15, -0.1) is 0 Å². The maximum absolute atomic E-state index is 11.2. The third kappa shape index (κ3) is 8.07. The maximum Gasteiger partial charge on any atom is 0.330 e. The Balaban J connectivity index is 1.91. The Labute approximate surface area is 118 Å². The zero-order chi connectivity index (χ0) is 13.9. The lowest BCUT2D eigenvalue weighted by atomic mass is 10.0. The zero-order valence-electron chi connectivity index (χ0n) is 12.7. The summed E-state index contributed by atoms with van der Waals surface area (Å²) in [5.74, 6) is -0.148. The van der Waals surface area contributed by atoms with Gasteiger partial charge in [-0.25, -0.2) is 4.79 Å². The summed E-state index contributed by atoms with van der Waals surface area (Å²) in [6.45, 7) is 4.28. The molecule has 0 spiro atoms. The summed E-state index contributed by atoms with van der Waals surface area (Å²) in [5, 5.41) is 0. The van der Waals surface area contributed by atoms with Crippen LogP contribution >= 0.6 is 0 Å². The molecular weight excluding hydrogens is 236 g/mol. The topological polar surface area (TPSA) is 26.3 Å². The first-order valence-corrected chi connectivity index (χ1v) is 8.10. The second-order valence-corrected chi connectivity index (χ2v) is 5.87. The zero-order valence-corrected chi connectivity index (χ0v) is 12.7. The molecule has 2 heteroatoms. The van der Waals surface area contributed by atoms with Crippen LogP contribution in [0.4, 0.5) is 0 Å². The predicted molar refractivity (Wildman–Crippen MR) is 80.1 cm³/mol. The summed E-state index contributed by atoms with van der Waals surface area (Å²) in [4.78, 5) is 11.2. The molecule has 0 N–H and O–H groups in total. The fourth-order valence-corrected chi connectivity index (χ4v) is 2.70. The molecule has 0 saturated carbocycles. The Morgan fingerprint density at radius 3 is 2.21 bits per heavy atom. The van der Waals surface area contributed by atoms with Gasteiger partial charge in [0.2, 0.25) is 0 Å². The minimum absolute atomic E-state index is 0.141. The van der Waals surface area contributed by atoms with Crippen LogP contribution in [-0.2, 0) is 9.53 Å². The maximum atomic E-state index is 11.2. The van der Waals surface area contributed by atoms with Crippen LogP contribution in [0.2, 0.25) is 0 Å². The fraction of sp³-hybridized carbons (Fsp3) is 0.824. The molecule has 1 aliphatic rings. The molecule has 0 aliphatic carbocycles. The van der Waals surface area contributed by atoms with E-state index in [2.05, 4.69) is 6.92 Å². The molecule has 1 aliphatic heterocycles. The quantitative estimate of drug-likeness (QED) is 0.403. The van der Waals surface area contributed by atoms with Gasteiger partial charge in [0.1, 0.15) is 6.10 Å². The first-order chi connectivity index (χ1) is 9.22. The van der Waals surface area contributed by atoms with E-state index in [0.717, 1.165) is 18.4 Å². The van der Waals surface area contributed by atoms with Crippen LogP contribution in [0.5, 0.6) is 0 Å². The Bertz CT molecular complexity index is 281.